The van der Waals surface area contributed by atoms with E-state index in [1.54, 1.807) is 13.2 Å². The molecule has 0 unspecified atom stereocenters. The zero-order valence-corrected chi connectivity index (χ0v) is 8.84. The molecule has 1 aromatic rings. The number of hydrogen-bond acceptors (Lipinski definition) is 3. The minimum Gasteiger partial charge on any atom is -0.495 e. The van der Waals surface area contributed by atoms with Crippen LogP contribution in [-0.2, 0) is 0 Å². The van der Waals surface area contributed by atoms with Crippen LogP contribution in [0.5, 0.6) is 5.75 Å². The Hall–Kier alpha value is -0.930. The lowest BCUT2D eigenvalue weighted by Crippen LogP contribution is -2.03. The van der Waals surface area contributed by atoms with Crippen molar-refractivity contribution >= 4 is 17.3 Å². The summed E-state index contributed by atoms with van der Waals surface area (Å²) in [7, 11) is 1.58. The molecule has 0 radical (unpaired) electrons. The number of hydrogen-bond donors (Lipinski definition) is 2. The molecule has 1 rings (SSSR count). The fraction of sp³-hybridized carbons (Fsp3) is 0.400. The van der Waals surface area contributed by atoms with Gasteiger partial charge in [0.25, 0.3) is 0 Å². The first-order valence-corrected chi connectivity index (χ1v) is 4.84. The Morgan fingerprint density at radius 2 is 2.29 bits per heavy atom. The Kier molecular flexibility index (Phi) is 4.56. The second-order valence-corrected chi connectivity index (χ2v) is 3.26. The van der Waals surface area contributed by atoms with Crippen LogP contribution in [0.25, 0.3) is 0 Å². The number of halogens is 1. The Balaban J connectivity index is 2.57. The third-order valence-electron chi connectivity index (χ3n) is 1.82. The highest BCUT2D eigenvalue weighted by Gasteiger charge is 2.00. The van der Waals surface area contributed by atoms with Crippen LogP contribution in [0, 0.1) is 0 Å². The van der Waals surface area contributed by atoms with Gasteiger partial charge in [0.1, 0.15) is 5.75 Å². The van der Waals surface area contributed by atoms with Crippen molar-refractivity contribution < 1.29 is 9.84 Å². The molecule has 0 bridgehead atoms. The molecule has 3 nitrogen and oxygen atoms in total. The van der Waals surface area contributed by atoms with Crippen molar-refractivity contribution in [3.05, 3.63) is 23.2 Å². The SMILES string of the molecule is COc1ccc(NCCCO)cc1Cl. The summed E-state index contributed by atoms with van der Waals surface area (Å²) in [4.78, 5) is 0. The first kappa shape index (κ1) is 11.1. The molecule has 0 aliphatic carbocycles. The van der Waals surface area contributed by atoms with Gasteiger partial charge in [-0.1, -0.05) is 11.6 Å². The predicted octanol–water partition coefficient (Wildman–Crippen LogP) is 2.14. The maximum Gasteiger partial charge on any atom is 0.137 e. The summed E-state index contributed by atoms with van der Waals surface area (Å²) >= 11 is 5.93. The van der Waals surface area contributed by atoms with Crippen molar-refractivity contribution in [2.45, 2.75) is 6.42 Å². The van der Waals surface area contributed by atoms with Crippen molar-refractivity contribution in [3.8, 4) is 5.75 Å². The zero-order chi connectivity index (χ0) is 10.4. The first-order chi connectivity index (χ1) is 6.77. The van der Waals surface area contributed by atoms with Crippen molar-refractivity contribution in [3.63, 3.8) is 0 Å². The molecule has 0 aromatic heterocycles. The molecule has 0 saturated heterocycles. The van der Waals surface area contributed by atoms with E-state index >= 15 is 0 Å². The minimum atomic E-state index is 0.191. The number of rotatable bonds is 5. The van der Waals surface area contributed by atoms with Crippen LogP contribution in [0.2, 0.25) is 5.02 Å². The number of nitrogens with one attached hydrogen (secondary N) is 1. The van der Waals surface area contributed by atoms with Gasteiger partial charge in [-0.3, -0.25) is 0 Å². The van der Waals surface area contributed by atoms with E-state index in [0.29, 0.717) is 10.8 Å². The van der Waals surface area contributed by atoms with Crippen molar-refractivity contribution in [1.82, 2.24) is 0 Å². The summed E-state index contributed by atoms with van der Waals surface area (Å²) in [5.74, 6) is 0.666. The van der Waals surface area contributed by atoms with Crippen LogP contribution in [0.4, 0.5) is 5.69 Å². The second-order valence-electron chi connectivity index (χ2n) is 2.85. The standard InChI is InChI=1S/C10H14ClNO2/c1-14-10-4-3-8(7-9(10)11)12-5-2-6-13/h3-4,7,12-13H,2,5-6H2,1H3. The largest absolute Gasteiger partial charge is 0.495 e. The van der Waals surface area contributed by atoms with Gasteiger partial charge in [0, 0.05) is 18.8 Å². The third kappa shape index (κ3) is 3.09. The smallest absolute Gasteiger partial charge is 0.137 e. The molecule has 0 amide bonds. The lowest BCUT2D eigenvalue weighted by molar-refractivity contribution is 0.292. The van der Waals surface area contributed by atoms with Crippen LogP contribution >= 0.6 is 11.6 Å². The van der Waals surface area contributed by atoms with Crippen LogP contribution in [0.15, 0.2) is 18.2 Å². The summed E-state index contributed by atoms with van der Waals surface area (Å²) in [6.07, 6.45) is 0.726. The van der Waals surface area contributed by atoms with Crippen LogP contribution in [0.1, 0.15) is 6.42 Å². The number of anilines is 1. The van der Waals surface area contributed by atoms with Gasteiger partial charge in [0.15, 0.2) is 0 Å². The normalized spacial score (nSPS) is 9.93. The number of methoxy groups -OCH3 is 1. The Morgan fingerprint density at radius 1 is 1.50 bits per heavy atom. The van der Waals surface area contributed by atoms with Gasteiger partial charge in [-0.05, 0) is 24.6 Å². The van der Waals surface area contributed by atoms with Crippen molar-refractivity contribution in [2.24, 2.45) is 0 Å². The topological polar surface area (TPSA) is 41.5 Å². The van der Waals surface area contributed by atoms with Gasteiger partial charge < -0.3 is 15.2 Å². The maximum absolute atomic E-state index is 8.59. The van der Waals surface area contributed by atoms with Crippen LogP contribution in [0.3, 0.4) is 0 Å². The van der Waals surface area contributed by atoms with Crippen LogP contribution < -0.4 is 10.1 Å². The molecular weight excluding hydrogens is 202 g/mol. The Morgan fingerprint density at radius 3 is 2.86 bits per heavy atom. The average Bonchev–Trinajstić information content (AvgIpc) is 2.18. The summed E-state index contributed by atoms with van der Waals surface area (Å²) in [5.41, 5.74) is 0.934. The van der Waals surface area contributed by atoms with Crippen molar-refractivity contribution in [1.29, 1.82) is 0 Å². The van der Waals surface area contributed by atoms with E-state index in [0.717, 1.165) is 18.7 Å². The zero-order valence-electron chi connectivity index (χ0n) is 8.09. The molecule has 0 aliphatic rings. The van der Waals surface area contributed by atoms with E-state index in [1.165, 1.54) is 0 Å². The second kappa shape index (κ2) is 5.73. The number of benzene rings is 1. The Labute approximate surface area is 88.7 Å². The Bertz CT molecular complexity index is 291. The van der Waals surface area contributed by atoms with Gasteiger partial charge in [-0.2, -0.15) is 0 Å². The maximum atomic E-state index is 8.59. The lowest BCUT2D eigenvalue weighted by atomic mass is 10.3. The molecule has 78 valence electrons. The number of aliphatic hydroxyl groups is 1. The monoisotopic (exact) mass is 215 g/mol. The highest BCUT2D eigenvalue weighted by Crippen LogP contribution is 2.26. The third-order valence-corrected chi connectivity index (χ3v) is 2.11. The predicted molar refractivity (Wildman–Crippen MR) is 58.2 cm³/mol. The molecule has 1 aromatic carbocycles. The summed E-state index contributed by atoms with van der Waals surface area (Å²) in [6.45, 7) is 0.927. The van der Waals surface area contributed by atoms with E-state index in [9.17, 15) is 0 Å². The molecule has 4 heteroatoms. The van der Waals surface area contributed by atoms with E-state index in [2.05, 4.69) is 5.32 Å². The fourth-order valence-corrected chi connectivity index (χ4v) is 1.35. The average molecular weight is 216 g/mol. The fourth-order valence-electron chi connectivity index (χ4n) is 1.09. The van der Waals surface area contributed by atoms with Gasteiger partial charge in [0.2, 0.25) is 0 Å². The summed E-state index contributed by atoms with van der Waals surface area (Å²) in [6, 6.07) is 5.50. The van der Waals surface area contributed by atoms with Crippen molar-refractivity contribution in [2.75, 3.05) is 25.6 Å². The first-order valence-electron chi connectivity index (χ1n) is 4.46. The number of ether oxygens (including phenoxy) is 1. The van der Waals surface area contributed by atoms with E-state index in [1.807, 2.05) is 12.1 Å². The summed E-state index contributed by atoms with van der Waals surface area (Å²) in [5, 5.41) is 12.3. The van der Waals surface area contributed by atoms with Crippen LogP contribution in [-0.4, -0.2) is 25.4 Å². The number of aliphatic hydroxyl groups excluding tert-OH is 1. The van der Waals surface area contributed by atoms with Gasteiger partial charge in [-0.25, -0.2) is 0 Å². The van der Waals surface area contributed by atoms with Gasteiger partial charge in [0.05, 0.1) is 12.1 Å². The highest BCUT2D eigenvalue weighted by molar-refractivity contribution is 6.32. The molecule has 14 heavy (non-hydrogen) atoms. The molecule has 0 saturated carbocycles. The molecule has 0 atom stereocenters. The summed E-state index contributed by atoms with van der Waals surface area (Å²) < 4.78 is 5.03. The minimum absolute atomic E-state index is 0.191. The molecule has 0 aliphatic heterocycles. The van der Waals surface area contributed by atoms with Gasteiger partial charge >= 0.3 is 0 Å². The lowest BCUT2D eigenvalue weighted by Gasteiger charge is -2.07. The molecular formula is C10H14ClNO2. The van der Waals surface area contributed by atoms with Gasteiger partial charge in [-0.15, -0.1) is 0 Å². The molecule has 2 N–H and O–H groups in total. The molecule has 0 spiro atoms. The highest BCUT2D eigenvalue weighted by atomic mass is 35.5. The quantitative estimate of drug-likeness (QED) is 0.740. The molecule has 0 heterocycles. The van der Waals surface area contributed by atoms with E-state index < -0.39 is 0 Å². The van der Waals surface area contributed by atoms with E-state index in [4.69, 9.17) is 21.4 Å². The van der Waals surface area contributed by atoms with E-state index in [-0.39, 0.29) is 6.61 Å². The molecule has 0 fully saturated rings.